The Morgan fingerprint density at radius 2 is 2.00 bits per heavy atom. The molecule has 1 unspecified atom stereocenters. The van der Waals surface area contributed by atoms with Crippen LogP contribution in [0.15, 0.2) is 12.1 Å². The van der Waals surface area contributed by atoms with Gasteiger partial charge in [-0.1, -0.05) is 6.92 Å². The number of pyridine rings is 1. The van der Waals surface area contributed by atoms with Gasteiger partial charge in [0, 0.05) is 18.2 Å². The summed E-state index contributed by atoms with van der Waals surface area (Å²) in [4.78, 5) is 4.46. The van der Waals surface area contributed by atoms with E-state index in [2.05, 4.69) is 4.98 Å². The molecule has 2 N–H and O–H groups in total. The lowest BCUT2D eigenvalue weighted by molar-refractivity contribution is 0.333. The fourth-order valence-electron chi connectivity index (χ4n) is 1.77. The Hall–Kier alpha value is -1.14. The van der Waals surface area contributed by atoms with Gasteiger partial charge in [0.15, 0.2) is 9.84 Å². The zero-order valence-corrected chi connectivity index (χ0v) is 14.1. The van der Waals surface area contributed by atoms with Crippen LogP contribution in [0.5, 0.6) is 5.75 Å². The highest BCUT2D eigenvalue weighted by Crippen LogP contribution is 2.19. The van der Waals surface area contributed by atoms with Crippen LogP contribution < -0.4 is 10.5 Å². The predicted molar refractivity (Wildman–Crippen MR) is 85.4 cm³/mol. The first-order chi connectivity index (χ1) is 9.76. The average Bonchev–Trinajstić information content (AvgIpc) is 2.40. The van der Waals surface area contributed by atoms with Crippen LogP contribution in [0.25, 0.3) is 0 Å². The molecule has 1 atom stereocenters. The average molecular weight is 314 g/mol. The van der Waals surface area contributed by atoms with E-state index in [-0.39, 0.29) is 23.7 Å². The van der Waals surface area contributed by atoms with Gasteiger partial charge in [0.25, 0.3) is 0 Å². The van der Waals surface area contributed by atoms with E-state index in [1.54, 1.807) is 13.8 Å². The van der Waals surface area contributed by atoms with E-state index in [1.807, 2.05) is 26.0 Å². The molecule has 0 bridgehead atoms. The van der Waals surface area contributed by atoms with E-state index in [4.69, 9.17) is 10.5 Å². The molecule has 0 aliphatic rings. The number of hydrogen-bond acceptors (Lipinski definition) is 5. The largest absolute Gasteiger partial charge is 0.491 e. The molecule has 0 aliphatic heterocycles. The van der Waals surface area contributed by atoms with Gasteiger partial charge >= 0.3 is 0 Å². The highest BCUT2D eigenvalue weighted by molar-refractivity contribution is 7.91. The Morgan fingerprint density at radius 3 is 2.57 bits per heavy atom. The molecule has 0 radical (unpaired) electrons. The standard InChI is InChI=1S/C15H26N2O3S/c1-5-13(16)10-14-15(7-6-12(4)17-14)20-8-9-21(18,19)11(2)3/h6-7,11,13H,5,8-10,16H2,1-4H3. The smallest absolute Gasteiger partial charge is 0.155 e. The number of aryl methyl sites for hydroxylation is 1. The van der Waals surface area contributed by atoms with E-state index >= 15 is 0 Å². The van der Waals surface area contributed by atoms with Crippen molar-refractivity contribution in [2.45, 2.75) is 51.8 Å². The van der Waals surface area contributed by atoms with Gasteiger partial charge in [0.1, 0.15) is 12.4 Å². The molecule has 0 fully saturated rings. The Kier molecular flexibility index (Phi) is 6.61. The summed E-state index contributed by atoms with van der Waals surface area (Å²) in [5.41, 5.74) is 7.67. The first-order valence-electron chi connectivity index (χ1n) is 7.32. The molecule has 0 amide bonds. The van der Waals surface area contributed by atoms with Gasteiger partial charge in [0.05, 0.1) is 16.7 Å². The van der Waals surface area contributed by atoms with Crippen molar-refractivity contribution in [1.29, 1.82) is 0 Å². The Bertz CT molecular complexity index is 556. The van der Waals surface area contributed by atoms with Gasteiger partial charge in [-0.2, -0.15) is 0 Å². The number of hydrogen-bond donors (Lipinski definition) is 1. The third-order valence-electron chi connectivity index (χ3n) is 3.40. The van der Waals surface area contributed by atoms with Crippen molar-refractivity contribution in [2.24, 2.45) is 5.73 Å². The molecule has 1 aromatic heterocycles. The lowest BCUT2D eigenvalue weighted by Crippen LogP contribution is -2.24. The SMILES string of the molecule is CCC(N)Cc1nc(C)ccc1OCCS(=O)(=O)C(C)C. The van der Waals surface area contributed by atoms with E-state index in [0.717, 1.165) is 17.8 Å². The van der Waals surface area contributed by atoms with Gasteiger partial charge in [0.2, 0.25) is 0 Å². The summed E-state index contributed by atoms with van der Waals surface area (Å²) in [6, 6.07) is 3.72. The van der Waals surface area contributed by atoms with E-state index in [9.17, 15) is 8.42 Å². The third-order valence-corrected chi connectivity index (χ3v) is 5.57. The van der Waals surface area contributed by atoms with E-state index in [1.165, 1.54) is 0 Å². The second kappa shape index (κ2) is 7.75. The molecule has 5 nitrogen and oxygen atoms in total. The molecule has 1 rings (SSSR count). The van der Waals surface area contributed by atoms with Crippen molar-refractivity contribution < 1.29 is 13.2 Å². The number of sulfone groups is 1. The molecule has 0 aliphatic carbocycles. The molecular formula is C15H26N2O3S. The van der Waals surface area contributed by atoms with Crippen LogP contribution in [0.1, 0.15) is 38.6 Å². The van der Waals surface area contributed by atoms with Crippen molar-refractivity contribution in [2.75, 3.05) is 12.4 Å². The summed E-state index contributed by atoms with van der Waals surface area (Å²) in [7, 11) is -3.09. The highest BCUT2D eigenvalue weighted by atomic mass is 32.2. The maximum Gasteiger partial charge on any atom is 0.155 e. The summed E-state index contributed by atoms with van der Waals surface area (Å²) in [5.74, 6) is 0.640. The first-order valence-corrected chi connectivity index (χ1v) is 9.04. The van der Waals surface area contributed by atoms with Crippen molar-refractivity contribution in [3.63, 3.8) is 0 Å². The maximum atomic E-state index is 11.8. The number of nitrogens with zero attached hydrogens (tertiary/aromatic N) is 1. The van der Waals surface area contributed by atoms with Crippen molar-refractivity contribution >= 4 is 9.84 Å². The molecule has 0 saturated heterocycles. The van der Waals surface area contributed by atoms with Crippen LogP contribution >= 0.6 is 0 Å². The number of nitrogens with two attached hydrogens (primary N) is 1. The van der Waals surface area contributed by atoms with Crippen molar-refractivity contribution in [1.82, 2.24) is 4.98 Å². The van der Waals surface area contributed by atoms with Crippen LogP contribution in [0.2, 0.25) is 0 Å². The summed E-state index contributed by atoms with van der Waals surface area (Å²) in [6.07, 6.45) is 1.49. The fourth-order valence-corrected chi connectivity index (χ4v) is 2.56. The Morgan fingerprint density at radius 1 is 1.33 bits per heavy atom. The second-order valence-electron chi connectivity index (χ2n) is 5.53. The van der Waals surface area contributed by atoms with E-state index in [0.29, 0.717) is 12.2 Å². The molecule has 6 heteroatoms. The van der Waals surface area contributed by atoms with E-state index < -0.39 is 9.84 Å². The highest BCUT2D eigenvalue weighted by Gasteiger charge is 2.17. The normalized spacial score (nSPS) is 13.4. The molecule has 21 heavy (non-hydrogen) atoms. The van der Waals surface area contributed by atoms with Crippen LogP contribution in [-0.4, -0.2) is 37.1 Å². The minimum Gasteiger partial charge on any atom is -0.491 e. The fraction of sp³-hybridized carbons (Fsp3) is 0.667. The zero-order chi connectivity index (χ0) is 16.0. The molecule has 0 saturated carbocycles. The van der Waals surface area contributed by atoms with Crippen LogP contribution in [0.4, 0.5) is 0 Å². The second-order valence-corrected chi connectivity index (χ2v) is 8.21. The number of aromatic nitrogens is 1. The topological polar surface area (TPSA) is 82.3 Å². The summed E-state index contributed by atoms with van der Waals surface area (Å²) in [6.45, 7) is 7.42. The molecule has 120 valence electrons. The predicted octanol–water partition coefficient (Wildman–Crippen LogP) is 1.87. The molecule has 0 aromatic carbocycles. The van der Waals surface area contributed by atoms with Gasteiger partial charge in [-0.25, -0.2) is 8.42 Å². The quantitative estimate of drug-likeness (QED) is 0.792. The lowest BCUT2D eigenvalue weighted by atomic mass is 10.1. The Balaban J connectivity index is 2.74. The van der Waals surface area contributed by atoms with Crippen LogP contribution in [0, 0.1) is 6.92 Å². The molecule has 1 aromatic rings. The van der Waals surface area contributed by atoms with Gasteiger partial charge in [-0.05, 0) is 39.3 Å². The maximum absolute atomic E-state index is 11.8. The summed E-state index contributed by atoms with van der Waals surface area (Å²) < 4.78 is 29.2. The van der Waals surface area contributed by atoms with Crippen LogP contribution in [0.3, 0.4) is 0 Å². The van der Waals surface area contributed by atoms with Crippen molar-refractivity contribution in [3.8, 4) is 5.75 Å². The zero-order valence-electron chi connectivity index (χ0n) is 13.3. The lowest BCUT2D eigenvalue weighted by Gasteiger charge is -2.15. The molecular weight excluding hydrogens is 288 g/mol. The number of rotatable bonds is 8. The van der Waals surface area contributed by atoms with Gasteiger partial charge < -0.3 is 10.5 Å². The van der Waals surface area contributed by atoms with Gasteiger partial charge in [-0.15, -0.1) is 0 Å². The monoisotopic (exact) mass is 314 g/mol. The molecule has 1 heterocycles. The Labute approximate surface area is 127 Å². The van der Waals surface area contributed by atoms with Crippen molar-refractivity contribution in [3.05, 3.63) is 23.5 Å². The van der Waals surface area contributed by atoms with Crippen LogP contribution in [-0.2, 0) is 16.3 Å². The minimum atomic E-state index is -3.09. The van der Waals surface area contributed by atoms with Gasteiger partial charge in [-0.3, -0.25) is 4.98 Å². The first kappa shape index (κ1) is 17.9. The summed E-state index contributed by atoms with van der Waals surface area (Å²) >= 11 is 0. The molecule has 0 spiro atoms. The summed E-state index contributed by atoms with van der Waals surface area (Å²) in [5, 5.41) is -0.384. The number of ether oxygens (including phenoxy) is 1. The minimum absolute atomic E-state index is 0.0117. The third kappa shape index (κ3) is 5.63.